The van der Waals surface area contributed by atoms with Gasteiger partial charge in [-0.25, -0.2) is 15.3 Å². The maximum Gasteiger partial charge on any atom is 0.281 e. The third-order valence-corrected chi connectivity index (χ3v) is 6.53. The first-order valence-corrected chi connectivity index (χ1v) is 11.6. The first-order valence-electron chi connectivity index (χ1n) is 11.6. The molecule has 2 aliphatic heterocycles. The van der Waals surface area contributed by atoms with Gasteiger partial charge in [-0.3, -0.25) is 9.59 Å². The van der Waals surface area contributed by atoms with Crippen LogP contribution < -0.4 is 15.4 Å². The normalized spacial score (nSPS) is 15.4. The Morgan fingerprint density at radius 1 is 1.11 bits per heavy atom. The predicted molar refractivity (Wildman–Crippen MR) is 133 cm³/mol. The Morgan fingerprint density at radius 2 is 1.89 bits per heavy atom. The van der Waals surface area contributed by atoms with Gasteiger partial charge >= 0.3 is 0 Å². The van der Waals surface area contributed by atoms with Crippen LogP contribution >= 0.6 is 0 Å². The fourth-order valence-corrected chi connectivity index (χ4v) is 4.59. The molecule has 0 saturated carbocycles. The lowest BCUT2D eigenvalue weighted by Crippen LogP contribution is -2.36. The number of piperidine rings is 1. The van der Waals surface area contributed by atoms with Crippen LogP contribution in [-0.4, -0.2) is 46.9 Å². The van der Waals surface area contributed by atoms with Gasteiger partial charge in [-0.05, 0) is 60.2 Å². The number of carbonyl (C=O) groups is 2. The van der Waals surface area contributed by atoms with E-state index in [-0.39, 0.29) is 11.8 Å². The molecule has 8 heteroatoms. The Morgan fingerprint density at radius 3 is 2.60 bits per heavy atom. The van der Waals surface area contributed by atoms with Crippen molar-refractivity contribution in [3.8, 4) is 17.1 Å². The number of anilines is 2. The minimum absolute atomic E-state index is 0.141. The molecular weight excluding hydrogens is 442 g/mol. The number of hydrogen-bond acceptors (Lipinski definition) is 6. The van der Waals surface area contributed by atoms with E-state index in [0.717, 1.165) is 42.7 Å². The Balaban J connectivity index is 1.42. The van der Waals surface area contributed by atoms with Gasteiger partial charge in [0.2, 0.25) is 11.8 Å². The standard InChI is InChI=1S/C27H26N5O3/c1-17(33)32-13-9-19(10-14-32)18-3-5-22(6-4-18)30-26-25-21(8-12-29-27(25)34)15-23(31-26)20-7-11-28-24(16-20)35-2/h3-8,11-12,15-16,19H,9-10,13-14H2,1-2H3,(H,30,31). The smallest absolute Gasteiger partial charge is 0.281 e. The van der Waals surface area contributed by atoms with Crippen LogP contribution in [0.4, 0.5) is 11.5 Å². The molecule has 1 saturated heterocycles. The van der Waals surface area contributed by atoms with Crippen LogP contribution in [0.15, 0.2) is 54.9 Å². The van der Waals surface area contributed by atoms with Crippen LogP contribution in [0.1, 0.15) is 47.2 Å². The largest absolute Gasteiger partial charge is 0.481 e. The lowest BCUT2D eigenvalue weighted by atomic mass is 9.89. The van der Waals surface area contributed by atoms with Crippen molar-refractivity contribution in [3.05, 3.63) is 71.6 Å². The highest BCUT2D eigenvalue weighted by Gasteiger charge is 2.24. The molecule has 8 nitrogen and oxygen atoms in total. The number of hydrogen-bond donors (Lipinski definition) is 1. The van der Waals surface area contributed by atoms with Crippen molar-refractivity contribution in [2.45, 2.75) is 25.7 Å². The summed E-state index contributed by atoms with van der Waals surface area (Å²) in [5.41, 5.74) is 4.80. The number of carbonyl (C=O) groups excluding carboxylic acids is 2. The van der Waals surface area contributed by atoms with Crippen molar-refractivity contribution < 1.29 is 14.3 Å². The first kappa shape index (κ1) is 22.6. The fraction of sp³-hybridized carbons (Fsp3) is 0.259. The van der Waals surface area contributed by atoms with Crippen LogP contribution in [0.5, 0.6) is 5.88 Å². The van der Waals surface area contributed by atoms with Crippen LogP contribution in [-0.2, 0) is 4.79 Å². The van der Waals surface area contributed by atoms with Crippen molar-refractivity contribution >= 4 is 29.4 Å². The lowest BCUT2D eigenvalue weighted by Gasteiger charge is -2.31. The van der Waals surface area contributed by atoms with Gasteiger partial charge in [0.15, 0.2) is 0 Å². The summed E-state index contributed by atoms with van der Waals surface area (Å²) in [6, 6.07) is 13.7. The van der Waals surface area contributed by atoms with E-state index in [1.165, 1.54) is 11.8 Å². The van der Waals surface area contributed by atoms with Crippen LogP contribution in [0.2, 0.25) is 0 Å². The van der Waals surface area contributed by atoms with E-state index in [1.807, 2.05) is 41.3 Å². The molecule has 1 aromatic carbocycles. The second-order valence-corrected chi connectivity index (χ2v) is 8.68. The molecular formula is C27H26N5O3. The zero-order chi connectivity index (χ0) is 24.4. The van der Waals surface area contributed by atoms with Gasteiger partial charge in [0, 0.05) is 49.7 Å². The van der Waals surface area contributed by atoms with E-state index < -0.39 is 0 Å². The summed E-state index contributed by atoms with van der Waals surface area (Å²) in [6.07, 6.45) is 6.90. The number of pyridine rings is 2. The molecule has 3 aromatic rings. The highest BCUT2D eigenvalue weighted by Crippen LogP contribution is 2.33. The van der Waals surface area contributed by atoms with Gasteiger partial charge in [-0.15, -0.1) is 0 Å². The summed E-state index contributed by atoms with van der Waals surface area (Å²) in [4.78, 5) is 35.1. The number of fused-ring (bicyclic) bond motifs is 1. The second kappa shape index (κ2) is 9.58. The number of aromatic nitrogens is 2. The summed E-state index contributed by atoms with van der Waals surface area (Å²) in [5.74, 6) is 1.19. The number of benzene rings is 1. The molecule has 1 N–H and O–H groups in total. The molecule has 5 rings (SSSR count). The number of nitrogens with zero attached hydrogens (tertiary/aromatic N) is 4. The van der Waals surface area contributed by atoms with Gasteiger partial charge in [0.05, 0.1) is 18.4 Å². The minimum Gasteiger partial charge on any atom is -0.481 e. The number of rotatable bonds is 5. The number of amides is 2. The third kappa shape index (κ3) is 4.73. The minimum atomic E-state index is -0.329. The van der Waals surface area contributed by atoms with E-state index in [1.54, 1.807) is 20.2 Å². The predicted octanol–water partition coefficient (Wildman–Crippen LogP) is 4.35. The average Bonchev–Trinajstić information content (AvgIpc) is 2.89. The summed E-state index contributed by atoms with van der Waals surface area (Å²) in [5, 5.41) is 7.27. The van der Waals surface area contributed by atoms with Crippen molar-refractivity contribution in [2.24, 2.45) is 0 Å². The quantitative estimate of drug-likeness (QED) is 0.598. The van der Waals surface area contributed by atoms with E-state index in [2.05, 4.69) is 27.8 Å². The Labute approximate surface area is 204 Å². The van der Waals surface area contributed by atoms with E-state index >= 15 is 0 Å². The van der Waals surface area contributed by atoms with Crippen LogP contribution in [0, 0.1) is 0 Å². The molecule has 1 radical (unpaired) electrons. The molecule has 0 aliphatic carbocycles. The Bertz CT molecular complexity index is 1290. The molecule has 4 heterocycles. The molecule has 2 aliphatic rings. The maximum atomic E-state index is 12.6. The van der Waals surface area contributed by atoms with Crippen molar-refractivity contribution in [3.63, 3.8) is 0 Å². The molecule has 2 amide bonds. The molecule has 177 valence electrons. The van der Waals surface area contributed by atoms with Gasteiger partial charge in [-0.1, -0.05) is 12.1 Å². The second-order valence-electron chi connectivity index (χ2n) is 8.68. The van der Waals surface area contributed by atoms with Crippen molar-refractivity contribution in [1.29, 1.82) is 0 Å². The van der Waals surface area contributed by atoms with E-state index in [9.17, 15) is 9.59 Å². The van der Waals surface area contributed by atoms with Crippen molar-refractivity contribution in [1.82, 2.24) is 20.2 Å². The molecule has 0 atom stereocenters. The lowest BCUT2D eigenvalue weighted by molar-refractivity contribution is -0.129. The third-order valence-electron chi connectivity index (χ3n) is 6.53. The summed E-state index contributed by atoms with van der Waals surface area (Å²) < 4.78 is 5.25. The highest BCUT2D eigenvalue weighted by atomic mass is 16.5. The molecule has 1 fully saturated rings. The summed E-state index contributed by atoms with van der Waals surface area (Å²) >= 11 is 0. The number of likely N-dealkylation sites (tertiary alicyclic amines) is 1. The SMILES string of the molecule is COc1cc(-c2cc3c(c(Nc4ccc(C5CCN(C(C)=O)CC5)cc4)n2)C(=O)[N]C=C3)ccn1. The molecule has 2 aromatic heterocycles. The van der Waals surface area contributed by atoms with Gasteiger partial charge in [-0.2, -0.15) is 0 Å². The van der Waals surface area contributed by atoms with Gasteiger partial charge in [0.25, 0.3) is 5.91 Å². The zero-order valence-electron chi connectivity index (χ0n) is 19.7. The van der Waals surface area contributed by atoms with Crippen LogP contribution in [0.3, 0.4) is 0 Å². The average molecular weight is 469 g/mol. The molecule has 0 bridgehead atoms. The molecule has 0 unspecified atom stereocenters. The van der Waals surface area contributed by atoms with Gasteiger partial charge in [0.1, 0.15) is 5.82 Å². The zero-order valence-corrected chi connectivity index (χ0v) is 19.7. The Kier molecular flexibility index (Phi) is 6.18. The van der Waals surface area contributed by atoms with E-state index in [0.29, 0.717) is 28.9 Å². The topological polar surface area (TPSA) is 98.5 Å². The Hall–Kier alpha value is -4.20. The monoisotopic (exact) mass is 468 g/mol. The molecule has 0 spiro atoms. The van der Waals surface area contributed by atoms with E-state index in [4.69, 9.17) is 9.72 Å². The van der Waals surface area contributed by atoms with Crippen molar-refractivity contribution in [2.75, 3.05) is 25.5 Å². The fourth-order valence-electron chi connectivity index (χ4n) is 4.59. The number of methoxy groups -OCH3 is 1. The van der Waals surface area contributed by atoms with Crippen LogP contribution in [0.25, 0.3) is 17.3 Å². The summed E-state index contributed by atoms with van der Waals surface area (Å²) in [7, 11) is 1.57. The summed E-state index contributed by atoms with van der Waals surface area (Å²) in [6.45, 7) is 3.21. The first-order chi connectivity index (χ1) is 17.0. The number of nitrogens with one attached hydrogen (secondary N) is 1. The maximum absolute atomic E-state index is 12.6. The highest BCUT2D eigenvalue weighted by molar-refractivity contribution is 6.05. The molecule has 35 heavy (non-hydrogen) atoms. The number of ether oxygens (including phenoxy) is 1. The van der Waals surface area contributed by atoms with Gasteiger partial charge < -0.3 is 15.0 Å².